The second-order valence-electron chi connectivity index (χ2n) is 4.77. The van der Waals surface area contributed by atoms with Crippen LogP contribution in [0.5, 0.6) is 5.75 Å². The predicted octanol–water partition coefficient (Wildman–Crippen LogP) is 2.16. The highest BCUT2D eigenvalue weighted by atomic mass is 19.4. The third-order valence-corrected chi connectivity index (χ3v) is 3.21. The first-order chi connectivity index (χ1) is 8.89. The monoisotopic (exact) mass is 274 g/mol. The van der Waals surface area contributed by atoms with Gasteiger partial charge in [0, 0.05) is 24.7 Å². The highest BCUT2D eigenvalue weighted by Crippen LogP contribution is 2.31. The van der Waals surface area contributed by atoms with Crippen LogP contribution in [-0.4, -0.2) is 36.3 Å². The summed E-state index contributed by atoms with van der Waals surface area (Å²) in [5.41, 5.74) is 6.28. The zero-order chi connectivity index (χ0) is 14.0. The van der Waals surface area contributed by atoms with Crippen molar-refractivity contribution in [3.8, 4) is 5.75 Å². The van der Waals surface area contributed by atoms with Gasteiger partial charge < -0.3 is 10.5 Å². The summed E-state index contributed by atoms with van der Waals surface area (Å²) in [6.07, 6.45) is -4.34. The number of hydrogen-bond donors (Lipinski definition) is 1. The van der Waals surface area contributed by atoms with Gasteiger partial charge in [0.15, 0.2) is 0 Å². The lowest BCUT2D eigenvalue weighted by Crippen LogP contribution is -2.55. The van der Waals surface area contributed by atoms with Gasteiger partial charge in [-0.2, -0.15) is 13.2 Å². The number of fused-ring (bicyclic) bond motifs is 1. The predicted molar refractivity (Wildman–Crippen MR) is 65.8 cm³/mol. The van der Waals surface area contributed by atoms with Crippen LogP contribution in [-0.2, 0) is 6.54 Å². The fourth-order valence-electron chi connectivity index (χ4n) is 2.42. The first kappa shape index (κ1) is 14.1. The van der Waals surface area contributed by atoms with E-state index in [1.54, 1.807) is 24.3 Å². The van der Waals surface area contributed by atoms with Crippen LogP contribution < -0.4 is 10.5 Å². The topological polar surface area (TPSA) is 38.5 Å². The van der Waals surface area contributed by atoms with Gasteiger partial charge in [0.1, 0.15) is 18.4 Å². The zero-order valence-corrected chi connectivity index (χ0v) is 10.7. The summed E-state index contributed by atoms with van der Waals surface area (Å²) < 4.78 is 44.8. The summed E-state index contributed by atoms with van der Waals surface area (Å²) in [7, 11) is 0. The second-order valence-corrected chi connectivity index (χ2v) is 4.77. The molecule has 0 amide bonds. The normalized spacial score (nSPS) is 20.1. The molecule has 0 aliphatic carbocycles. The third-order valence-electron chi connectivity index (χ3n) is 3.21. The Hall–Kier alpha value is -1.27. The van der Waals surface area contributed by atoms with Crippen LogP contribution in [0.15, 0.2) is 24.3 Å². The largest absolute Gasteiger partial charge is 0.492 e. The van der Waals surface area contributed by atoms with Gasteiger partial charge in [-0.05, 0) is 13.0 Å². The molecule has 0 fully saturated rings. The fraction of sp³-hybridized carbons (Fsp3) is 0.538. The van der Waals surface area contributed by atoms with Crippen molar-refractivity contribution in [2.75, 3.05) is 13.2 Å². The molecule has 0 aromatic heterocycles. The Morgan fingerprint density at radius 3 is 2.63 bits per heavy atom. The summed E-state index contributed by atoms with van der Waals surface area (Å²) >= 11 is 0. The molecule has 2 unspecified atom stereocenters. The Morgan fingerprint density at radius 1 is 1.32 bits per heavy atom. The van der Waals surface area contributed by atoms with E-state index >= 15 is 0 Å². The molecule has 0 saturated carbocycles. The van der Waals surface area contributed by atoms with Crippen molar-refractivity contribution >= 4 is 0 Å². The fourth-order valence-corrected chi connectivity index (χ4v) is 2.42. The van der Waals surface area contributed by atoms with E-state index in [9.17, 15) is 13.2 Å². The van der Waals surface area contributed by atoms with E-state index in [2.05, 4.69) is 0 Å². The Morgan fingerprint density at radius 2 is 2.00 bits per heavy atom. The summed E-state index contributed by atoms with van der Waals surface area (Å²) in [6, 6.07) is 4.52. The second kappa shape index (κ2) is 5.38. The van der Waals surface area contributed by atoms with Crippen molar-refractivity contribution in [1.29, 1.82) is 0 Å². The first-order valence-electron chi connectivity index (χ1n) is 6.16. The number of halogens is 3. The van der Waals surface area contributed by atoms with Crippen LogP contribution >= 0.6 is 0 Å². The number of nitrogens with two attached hydrogens (primary N) is 1. The number of alkyl halides is 3. The molecule has 106 valence electrons. The maximum Gasteiger partial charge on any atom is 0.405 e. The van der Waals surface area contributed by atoms with Gasteiger partial charge in [-0.15, -0.1) is 0 Å². The molecule has 2 N–H and O–H groups in total. The highest BCUT2D eigenvalue weighted by molar-refractivity contribution is 5.33. The molecule has 1 aliphatic heterocycles. The van der Waals surface area contributed by atoms with Crippen LogP contribution in [0.1, 0.15) is 12.5 Å². The zero-order valence-electron chi connectivity index (χ0n) is 10.7. The van der Waals surface area contributed by atoms with E-state index in [1.165, 1.54) is 11.8 Å². The van der Waals surface area contributed by atoms with E-state index in [0.717, 1.165) is 5.56 Å². The van der Waals surface area contributed by atoms with Crippen LogP contribution in [0.25, 0.3) is 0 Å². The van der Waals surface area contributed by atoms with Crippen LogP contribution in [0.4, 0.5) is 13.2 Å². The molecule has 1 aromatic rings. The van der Waals surface area contributed by atoms with Gasteiger partial charge in [0.2, 0.25) is 0 Å². The van der Waals surface area contributed by atoms with E-state index in [1.807, 2.05) is 0 Å². The number of nitrogens with zero attached hydrogens (tertiary/aromatic N) is 1. The maximum atomic E-state index is 13.1. The van der Waals surface area contributed by atoms with Crippen molar-refractivity contribution in [1.82, 2.24) is 4.90 Å². The van der Waals surface area contributed by atoms with Crippen molar-refractivity contribution in [3.63, 3.8) is 0 Å². The Bertz CT molecular complexity index is 434. The van der Waals surface area contributed by atoms with Gasteiger partial charge in [-0.3, -0.25) is 4.90 Å². The van der Waals surface area contributed by atoms with Crippen LogP contribution in [0.2, 0.25) is 0 Å². The molecule has 2 atom stereocenters. The Labute approximate surface area is 110 Å². The molecular weight excluding hydrogens is 257 g/mol. The molecule has 3 nitrogen and oxygen atoms in total. The first-order valence-corrected chi connectivity index (χ1v) is 6.16. The lowest BCUT2D eigenvalue weighted by atomic mass is 10.1. The van der Waals surface area contributed by atoms with Gasteiger partial charge >= 0.3 is 6.18 Å². The molecule has 0 bridgehead atoms. The molecular formula is C13H17F3N2O. The lowest BCUT2D eigenvalue weighted by molar-refractivity contribution is -0.189. The maximum absolute atomic E-state index is 13.1. The third kappa shape index (κ3) is 3.19. The molecule has 1 aliphatic rings. The SMILES string of the molecule is CC(N)C(N1CCOc2ccccc2C1)C(F)(F)F. The summed E-state index contributed by atoms with van der Waals surface area (Å²) in [4.78, 5) is 1.34. The molecule has 6 heteroatoms. The van der Waals surface area contributed by atoms with Gasteiger partial charge in [0.25, 0.3) is 0 Å². The van der Waals surface area contributed by atoms with Crippen LogP contribution in [0, 0.1) is 0 Å². The molecule has 0 spiro atoms. The molecule has 19 heavy (non-hydrogen) atoms. The van der Waals surface area contributed by atoms with E-state index < -0.39 is 18.3 Å². The van der Waals surface area contributed by atoms with E-state index in [0.29, 0.717) is 5.75 Å². The average Bonchev–Trinajstić information content (AvgIpc) is 2.48. The highest BCUT2D eigenvalue weighted by Gasteiger charge is 2.46. The Kier molecular flexibility index (Phi) is 4.01. The summed E-state index contributed by atoms with van der Waals surface area (Å²) in [5, 5.41) is 0. The number of para-hydroxylation sites is 1. The molecule has 1 aromatic carbocycles. The van der Waals surface area contributed by atoms with Gasteiger partial charge in [-0.25, -0.2) is 0 Å². The van der Waals surface area contributed by atoms with Crippen molar-refractivity contribution in [3.05, 3.63) is 29.8 Å². The summed E-state index contributed by atoms with van der Waals surface area (Å²) in [6.45, 7) is 2.02. The average molecular weight is 274 g/mol. The molecule has 0 saturated heterocycles. The van der Waals surface area contributed by atoms with E-state index in [-0.39, 0.29) is 19.7 Å². The van der Waals surface area contributed by atoms with Gasteiger partial charge in [0.05, 0.1) is 0 Å². The van der Waals surface area contributed by atoms with Crippen molar-refractivity contribution < 1.29 is 17.9 Å². The Balaban J connectivity index is 2.26. The van der Waals surface area contributed by atoms with E-state index in [4.69, 9.17) is 10.5 Å². The lowest BCUT2D eigenvalue weighted by Gasteiger charge is -2.34. The molecule has 1 heterocycles. The number of rotatable bonds is 2. The minimum Gasteiger partial charge on any atom is -0.492 e. The van der Waals surface area contributed by atoms with Crippen LogP contribution in [0.3, 0.4) is 0 Å². The van der Waals surface area contributed by atoms with Gasteiger partial charge in [-0.1, -0.05) is 18.2 Å². The number of ether oxygens (including phenoxy) is 1. The number of benzene rings is 1. The standard InChI is InChI=1S/C13H17F3N2O/c1-9(17)12(13(14,15)16)18-6-7-19-11-5-3-2-4-10(11)8-18/h2-5,9,12H,6-8,17H2,1H3. The minimum absolute atomic E-state index is 0.196. The summed E-state index contributed by atoms with van der Waals surface area (Å²) in [5.74, 6) is 0.649. The minimum atomic E-state index is -4.34. The smallest absolute Gasteiger partial charge is 0.405 e. The van der Waals surface area contributed by atoms with Crippen molar-refractivity contribution in [2.24, 2.45) is 5.73 Å². The molecule has 2 rings (SSSR count). The number of hydrogen-bond acceptors (Lipinski definition) is 3. The quantitative estimate of drug-likeness (QED) is 0.898. The van der Waals surface area contributed by atoms with Crippen molar-refractivity contribution in [2.45, 2.75) is 31.7 Å². The molecule has 0 radical (unpaired) electrons.